The quantitative estimate of drug-likeness (QED) is 0.676. The summed E-state index contributed by atoms with van der Waals surface area (Å²) in [5.74, 6) is 1.02. The minimum absolute atomic E-state index is 0.0482. The van der Waals surface area contributed by atoms with Gasteiger partial charge < -0.3 is 4.42 Å². The Bertz CT molecular complexity index is 800. The van der Waals surface area contributed by atoms with Gasteiger partial charge in [-0.25, -0.2) is 9.97 Å². The van der Waals surface area contributed by atoms with Gasteiger partial charge >= 0.3 is 6.18 Å². The van der Waals surface area contributed by atoms with Gasteiger partial charge in [-0.05, 0) is 36.9 Å². The van der Waals surface area contributed by atoms with Gasteiger partial charge in [-0.15, -0.1) is 10.2 Å². The third kappa shape index (κ3) is 3.21. The molecule has 0 aromatic carbocycles. The van der Waals surface area contributed by atoms with Crippen LogP contribution in [0.25, 0.3) is 11.6 Å². The van der Waals surface area contributed by atoms with E-state index in [9.17, 15) is 13.2 Å². The molecule has 3 heterocycles. The smallest absolute Gasteiger partial charge is 0.433 e. The highest BCUT2D eigenvalue weighted by molar-refractivity contribution is 7.99. The highest BCUT2D eigenvalue weighted by atomic mass is 32.2. The molecule has 23 heavy (non-hydrogen) atoms. The predicted octanol–water partition coefficient (Wildman–Crippen LogP) is 3.52. The first-order valence-corrected chi connectivity index (χ1v) is 7.36. The van der Waals surface area contributed by atoms with Crippen LogP contribution < -0.4 is 0 Å². The standard InChI is InChI=1S/C13H10F3N5OS/c1-2-21-10(8-4-3-7-22-8)19-20-12(21)23-11-17-6-5-9(18-11)13(14,15)16/h3-7H,2H2,1H3. The van der Waals surface area contributed by atoms with Crippen LogP contribution in [0.4, 0.5) is 13.2 Å². The molecule has 0 fully saturated rings. The van der Waals surface area contributed by atoms with Gasteiger partial charge in [-0.3, -0.25) is 4.57 Å². The second kappa shape index (κ2) is 6.03. The number of aromatic nitrogens is 5. The van der Waals surface area contributed by atoms with Crippen molar-refractivity contribution >= 4 is 11.8 Å². The number of nitrogens with zero attached hydrogens (tertiary/aromatic N) is 5. The highest BCUT2D eigenvalue weighted by Gasteiger charge is 2.33. The van der Waals surface area contributed by atoms with Crippen LogP contribution in [0.2, 0.25) is 0 Å². The molecular formula is C13H10F3N5OS. The molecular weight excluding hydrogens is 331 g/mol. The van der Waals surface area contributed by atoms with Crippen molar-refractivity contribution in [3.63, 3.8) is 0 Å². The molecule has 6 nitrogen and oxygen atoms in total. The predicted molar refractivity (Wildman–Crippen MR) is 74.6 cm³/mol. The van der Waals surface area contributed by atoms with E-state index in [0.29, 0.717) is 23.3 Å². The van der Waals surface area contributed by atoms with Crippen LogP contribution in [0.3, 0.4) is 0 Å². The topological polar surface area (TPSA) is 69.6 Å². The zero-order valence-electron chi connectivity index (χ0n) is 11.8. The Kier molecular flexibility index (Phi) is 4.07. The summed E-state index contributed by atoms with van der Waals surface area (Å²) in [6.45, 7) is 2.39. The molecule has 0 atom stereocenters. The van der Waals surface area contributed by atoms with E-state index >= 15 is 0 Å². The van der Waals surface area contributed by atoms with E-state index in [2.05, 4.69) is 20.2 Å². The Morgan fingerprint density at radius 1 is 1.26 bits per heavy atom. The van der Waals surface area contributed by atoms with Gasteiger partial charge in [0.05, 0.1) is 6.26 Å². The Labute approximate surface area is 132 Å². The van der Waals surface area contributed by atoms with E-state index < -0.39 is 11.9 Å². The molecule has 0 saturated carbocycles. The van der Waals surface area contributed by atoms with Gasteiger partial charge in [0.15, 0.2) is 21.9 Å². The molecule has 0 spiro atoms. The summed E-state index contributed by atoms with van der Waals surface area (Å²) in [6, 6.07) is 4.26. The maximum atomic E-state index is 12.7. The van der Waals surface area contributed by atoms with Crippen molar-refractivity contribution in [1.29, 1.82) is 0 Å². The summed E-state index contributed by atoms with van der Waals surface area (Å²) >= 11 is 0.913. The van der Waals surface area contributed by atoms with Gasteiger partial charge in [0, 0.05) is 12.7 Å². The third-order valence-electron chi connectivity index (χ3n) is 2.88. The lowest BCUT2D eigenvalue weighted by Gasteiger charge is -2.07. The van der Waals surface area contributed by atoms with Crippen LogP contribution in [0.15, 0.2) is 45.4 Å². The number of hydrogen-bond donors (Lipinski definition) is 0. The molecule has 0 amide bonds. The third-order valence-corrected chi connectivity index (χ3v) is 3.74. The normalized spacial score (nSPS) is 11.8. The summed E-state index contributed by atoms with van der Waals surface area (Å²) in [4.78, 5) is 7.35. The summed E-state index contributed by atoms with van der Waals surface area (Å²) in [7, 11) is 0. The first-order valence-electron chi connectivity index (χ1n) is 6.54. The Morgan fingerprint density at radius 2 is 2.09 bits per heavy atom. The van der Waals surface area contributed by atoms with Crippen molar-refractivity contribution in [1.82, 2.24) is 24.7 Å². The summed E-state index contributed by atoms with van der Waals surface area (Å²) in [6.07, 6.45) is -1.94. The zero-order valence-corrected chi connectivity index (χ0v) is 12.6. The van der Waals surface area contributed by atoms with Crippen molar-refractivity contribution in [2.45, 2.75) is 30.0 Å². The maximum absolute atomic E-state index is 12.7. The first-order chi connectivity index (χ1) is 11.0. The lowest BCUT2D eigenvalue weighted by Crippen LogP contribution is -2.09. The number of furan rings is 1. The van der Waals surface area contributed by atoms with E-state index in [1.54, 1.807) is 16.7 Å². The van der Waals surface area contributed by atoms with Gasteiger partial charge in [0.2, 0.25) is 0 Å². The average Bonchev–Trinajstić information content (AvgIpc) is 3.15. The lowest BCUT2D eigenvalue weighted by atomic mass is 10.4. The number of hydrogen-bond acceptors (Lipinski definition) is 6. The minimum Gasteiger partial charge on any atom is -0.461 e. The molecule has 0 aliphatic heterocycles. The van der Waals surface area contributed by atoms with Crippen LogP contribution in [-0.2, 0) is 12.7 Å². The van der Waals surface area contributed by atoms with Crippen molar-refractivity contribution in [3.8, 4) is 11.6 Å². The molecule has 120 valence electrons. The molecule has 0 unspecified atom stereocenters. The number of halogens is 3. The summed E-state index contributed by atoms with van der Waals surface area (Å²) < 4.78 is 45.1. The number of alkyl halides is 3. The van der Waals surface area contributed by atoms with Crippen molar-refractivity contribution in [2.75, 3.05) is 0 Å². The fourth-order valence-electron chi connectivity index (χ4n) is 1.87. The fourth-order valence-corrected chi connectivity index (χ4v) is 2.70. The van der Waals surface area contributed by atoms with Crippen LogP contribution >= 0.6 is 11.8 Å². The van der Waals surface area contributed by atoms with Gasteiger partial charge in [-0.2, -0.15) is 13.2 Å². The molecule has 3 aromatic rings. The van der Waals surface area contributed by atoms with E-state index in [4.69, 9.17) is 4.42 Å². The van der Waals surface area contributed by atoms with Gasteiger partial charge in [0.1, 0.15) is 5.69 Å². The molecule has 0 N–H and O–H groups in total. The van der Waals surface area contributed by atoms with E-state index in [0.717, 1.165) is 24.0 Å². The first kappa shape index (κ1) is 15.5. The largest absolute Gasteiger partial charge is 0.461 e. The number of rotatable bonds is 4. The molecule has 0 bridgehead atoms. The van der Waals surface area contributed by atoms with Crippen LogP contribution in [-0.4, -0.2) is 24.7 Å². The molecule has 0 saturated heterocycles. The highest BCUT2D eigenvalue weighted by Crippen LogP contribution is 2.31. The lowest BCUT2D eigenvalue weighted by molar-refractivity contribution is -0.141. The zero-order chi connectivity index (χ0) is 16.4. The second-order valence-corrected chi connectivity index (χ2v) is 5.29. The van der Waals surface area contributed by atoms with Crippen molar-refractivity contribution in [2.24, 2.45) is 0 Å². The molecule has 3 aromatic heterocycles. The van der Waals surface area contributed by atoms with Crippen LogP contribution in [0.1, 0.15) is 12.6 Å². The molecule has 0 aliphatic rings. The average molecular weight is 341 g/mol. The maximum Gasteiger partial charge on any atom is 0.433 e. The fraction of sp³-hybridized carbons (Fsp3) is 0.231. The minimum atomic E-state index is -4.52. The van der Waals surface area contributed by atoms with Crippen LogP contribution in [0.5, 0.6) is 0 Å². The van der Waals surface area contributed by atoms with Crippen molar-refractivity contribution < 1.29 is 17.6 Å². The second-order valence-electron chi connectivity index (χ2n) is 4.35. The van der Waals surface area contributed by atoms with E-state index in [1.807, 2.05) is 6.92 Å². The van der Waals surface area contributed by atoms with Gasteiger partial charge in [0.25, 0.3) is 0 Å². The summed E-state index contributed by atoms with van der Waals surface area (Å²) in [5, 5.41) is 8.34. The van der Waals surface area contributed by atoms with E-state index in [-0.39, 0.29) is 5.16 Å². The Hall–Kier alpha value is -2.36. The Balaban J connectivity index is 1.92. The molecule has 3 rings (SSSR count). The Morgan fingerprint density at radius 3 is 2.74 bits per heavy atom. The monoisotopic (exact) mass is 341 g/mol. The van der Waals surface area contributed by atoms with Crippen LogP contribution in [0, 0.1) is 0 Å². The van der Waals surface area contributed by atoms with Crippen molar-refractivity contribution in [3.05, 3.63) is 36.4 Å². The summed E-state index contributed by atoms with van der Waals surface area (Å²) in [5.41, 5.74) is -0.996. The van der Waals surface area contributed by atoms with Gasteiger partial charge in [-0.1, -0.05) is 0 Å². The molecule has 0 aliphatic carbocycles. The molecule has 10 heteroatoms. The molecule has 0 radical (unpaired) electrons. The SMILES string of the molecule is CCn1c(Sc2nccc(C(F)(F)F)n2)nnc1-c1ccco1. The van der Waals surface area contributed by atoms with E-state index in [1.165, 1.54) is 6.26 Å².